The molecule has 2 fully saturated rings. The molecule has 0 bridgehead atoms. The third-order valence-corrected chi connectivity index (χ3v) is 11.9. The molecule has 2 heterocycles. The lowest BCUT2D eigenvalue weighted by atomic mass is 9.69. The molecule has 0 radical (unpaired) electrons. The topological polar surface area (TPSA) is 143 Å². The first-order chi connectivity index (χ1) is 25.2. The van der Waals surface area contributed by atoms with Gasteiger partial charge in [-0.25, -0.2) is 18.0 Å². The Kier molecular flexibility index (Phi) is 9.44. The number of hydrogen-bond donors (Lipinski definition) is 0. The van der Waals surface area contributed by atoms with E-state index in [9.17, 15) is 27.6 Å². The molecular formula is C41H39NO10S. The number of benzene rings is 4. The van der Waals surface area contributed by atoms with Crippen LogP contribution >= 0.6 is 0 Å². The fraction of sp³-hybridized carbons (Fsp3) is 0.317. The Hall–Kier alpha value is -5.01. The average Bonchev–Trinajstić information content (AvgIpc) is 3.47. The first-order valence-electron chi connectivity index (χ1n) is 17.3. The van der Waals surface area contributed by atoms with E-state index in [1.54, 1.807) is 92.7 Å². The minimum Gasteiger partial charge on any atom is -0.454 e. The van der Waals surface area contributed by atoms with Gasteiger partial charge in [0.15, 0.2) is 29.6 Å². The quantitative estimate of drug-likeness (QED) is 0.155. The van der Waals surface area contributed by atoms with E-state index in [2.05, 4.69) is 0 Å². The number of carbonyl (C=O) groups is 4. The van der Waals surface area contributed by atoms with Crippen molar-refractivity contribution in [2.75, 3.05) is 0 Å². The lowest BCUT2D eigenvalue weighted by Gasteiger charge is -2.52. The standard InChI is InChI=1S/C41H39NO10S/c1-23-16-18-29(19-17-23)53(47,48)42-22-28-20-30(24(2)43)31(25(3)44)21-32(28)33-34(42)36-38(52-41(4,5)51-36)37(50-40(46)27-14-10-7-11-15-27)35(33)49-39(45)26-12-8-6-9-13-26/h6-21,33-38H,22H2,1-5H3/t33-,34-,35+,36+,37+,38+/m1/s1. The van der Waals surface area contributed by atoms with Gasteiger partial charge in [-0.15, -0.1) is 0 Å². The van der Waals surface area contributed by atoms with E-state index in [-0.39, 0.29) is 45.3 Å². The number of sulfonamides is 1. The van der Waals surface area contributed by atoms with E-state index in [0.29, 0.717) is 11.1 Å². The van der Waals surface area contributed by atoms with E-state index in [1.807, 2.05) is 6.92 Å². The zero-order valence-corrected chi connectivity index (χ0v) is 30.7. The lowest BCUT2D eigenvalue weighted by molar-refractivity contribution is -0.161. The van der Waals surface area contributed by atoms with Gasteiger partial charge in [0, 0.05) is 23.6 Å². The Morgan fingerprint density at radius 3 is 1.77 bits per heavy atom. The summed E-state index contributed by atoms with van der Waals surface area (Å²) in [5.74, 6) is -4.59. The molecule has 53 heavy (non-hydrogen) atoms. The SMILES string of the molecule is CC(=O)c1cc2c(cc1C(C)=O)[C@H]1[C@H](OC(=O)c3ccccc3)[C@H](OC(=O)c3ccccc3)[C@H]3OC(C)(C)O[C@H]3[C@@H]1N(S(=O)(=O)c1ccc(C)cc1)C2. The van der Waals surface area contributed by atoms with Gasteiger partial charge in [-0.3, -0.25) is 9.59 Å². The molecule has 3 aliphatic rings. The number of nitrogens with zero attached hydrogens (tertiary/aromatic N) is 1. The predicted molar refractivity (Wildman–Crippen MR) is 192 cm³/mol. The van der Waals surface area contributed by atoms with Crippen LogP contribution in [0.4, 0.5) is 0 Å². The number of Topliss-reactive ketones (excluding diaryl/α,β-unsaturated/α-hetero) is 2. The zero-order chi connectivity index (χ0) is 37.8. The molecule has 0 aromatic heterocycles. The molecule has 1 saturated carbocycles. The van der Waals surface area contributed by atoms with Crippen molar-refractivity contribution in [3.8, 4) is 0 Å². The number of hydrogen-bond acceptors (Lipinski definition) is 10. The Balaban J connectivity index is 1.48. The molecule has 4 aromatic rings. The predicted octanol–water partition coefficient (Wildman–Crippen LogP) is 6.04. The number of rotatable bonds is 8. The highest BCUT2D eigenvalue weighted by Crippen LogP contribution is 2.52. The first kappa shape index (κ1) is 36.4. The summed E-state index contributed by atoms with van der Waals surface area (Å²) in [7, 11) is -4.32. The Labute approximate surface area is 307 Å². The summed E-state index contributed by atoms with van der Waals surface area (Å²) in [4.78, 5) is 53.8. The van der Waals surface area contributed by atoms with Crippen molar-refractivity contribution in [3.05, 3.63) is 136 Å². The van der Waals surface area contributed by atoms with Crippen LogP contribution in [0.15, 0.2) is 102 Å². The van der Waals surface area contributed by atoms with Crippen LogP contribution in [0.25, 0.3) is 0 Å². The normalized spacial score (nSPS) is 24.6. The molecule has 0 unspecified atom stereocenters. The van der Waals surface area contributed by atoms with Crippen molar-refractivity contribution in [3.63, 3.8) is 0 Å². The molecule has 4 aromatic carbocycles. The molecule has 274 valence electrons. The highest BCUT2D eigenvalue weighted by Gasteiger charge is 2.65. The minimum absolute atomic E-state index is 0.0163. The maximum atomic E-state index is 14.8. The average molecular weight is 738 g/mol. The van der Waals surface area contributed by atoms with Gasteiger partial charge in [0.1, 0.15) is 12.2 Å². The third kappa shape index (κ3) is 6.72. The molecule has 6 atom stereocenters. The summed E-state index contributed by atoms with van der Waals surface area (Å²) in [5.41, 5.74) is 2.43. The molecule has 0 spiro atoms. The van der Waals surface area contributed by atoms with E-state index in [4.69, 9.17) is 18.9 Å². The Morgan fingerprint density at radius 2 is 1.23 bits per heavy atom. The first-order valence-corrected chi connectivity index (χ1v) is 18.7. The molecule has 12 heteroatoms. The van der Waals surface area contributed by atoms with Crippen LogP contribution in [-0.2, 0) is 35.5 Å². The second kappa shape index (κ2) is 13.8. The van der Waals surface area contributed by atoms with E-state index in [1.165, 1.54) is 36.4 Å². The van der Waals surface area contributed by atoms with E-state index >= 15 is 0 Å². The van der Waals surface area contributed by atoms with Crippen LogP contribution in [0.5, 0.6) is 0 Å². The highest BCUT2D eigenvalue weighted by molar-refractivity contribution is 7.89. The molecule has 2 aliphatic heterocycles. The van der Waals surface area contributed by atoms with Crippen LogP contribution in [0, 0.1) is 6.92 Å². The van der Waals surface area contributed by atoms with E-state index < -0.39 is 64.1 Å². The molecule has 0 N–H and O–H groups in total. The molecule has 1 saturated heterocycles. The van der Waals surface area contributed by atoms with Crippen LogP contribution in [0.3, 0.4) is 0 Å². The number of fused-ring (bicyclic) bond motifs is 5. The van der Waals surface area contributed by atoms with Crippen molar-refractivity contribution >= 4 is 33.5 Å². The summed E-state index contributed by atoms with van der Waals surface area (Å²) in [6.07, 6.45) is -4.83. The van der Waals surface area contributed by atoms with Crippen LogP contribution in [0.1, 0.15) is 91.7 Å². The molecule has 0 amide bonds. The fourth-order valence-electron chi connectivity index (χ4n) is 7.69. The lowest BCUT2D eigenvalue weighted by Crippen LogP contribution is -2.67. The highest BCUT2D eigenvalue weighted by atomic mass is 32.2. The summed E-state index contributed by atoms with van der Waals surface area (Å²) < 4.78 is 56.5. The molecular weight excluding hydrogens is 699 g/mol. The van der Waals surface area contributed by atoms with Gasteiger partial charge >= 0.3 is 11.9 Å². The number of ether oxygens (including phenoxy) is 4. The van der Waals surface area contributed by atoms with Crippen LogP contribution < -0.4 is 0 Å². The Morgan fingerprint density at radius 1 is 0.717 bits per heavy atom. The van der Waals surface area contributed by atoms with Crippen LogP contribution in [0.2, 0.25) is 0 Å². The monoisotopic (exact) mass is 737 g/mol. The molecule has 11 nitrogen and oxygen atoms in total. The molecule has 7 rings (SSSR count). The second-order valence-electron chi connectivity index (χ2n) is 14.1. The number of aryl methyl sites for hydroxylation is 1. The fourth-order valence-corrected chi connectivity index (χ4v) is 9.32. The number of esters is 2. The maximum Gasteiger partial charge on any atom is 0.338 e. The van der Waals surface area contributed by atoms with Gasteiger partial charge in [0.25, 0.3) is 0 Å². The van der Waals surface area contributed by atoms with Crippen molar-refractivity contribution in [1.82, 2.24) is 4.31 Å². The van der Waals surface area contributed by atoms with Crippen molar-refractivity contribution in [2.24, 2.45) is 0 Å². The van der Waals surface area contributed by atoms with E-state index in [0.717, 1.165) is 5.56 Å². The van der Waals surface area contributed by atoms with Gasteiger partial charge in [-0.2, -0.15) is 4.31 Å². The Bertz CT molecular complexity index is 2200. The van der Waals surface area contributed by atoms with Gasteiger partial charge in [-0.1, -0.05) is 54.1 Å². The summed E-state index contributed by atoms with van der Waals surface area (Å²) in [6.45, 7) is 7.66. The van der Waals surface area contributed by atoms with Crippen molar-refractivity contribution in [2.45, 2.75) is 88.2 Å². The van der Waals surface area contributed by atoms with Gasteiger partial charge in [0.2, 0.25) is 10.0 Å². The smallest absolute Gasteiger partial charge is 0.338 e. The second-order valence-corrected chi connectivity index (χ2v) is 16.0. The maximum absolute atomic E-state index is 14.8. The van der Waals surface area contributed by atoms with Crippen LogP contribution in [-0.4, -0.2) is 72.5 Å². The van der Waals surface area contributed by atoms with Gasteiger partial charge in [-0.05, 0) is 94.3 Å². The number of ketones is 2. The zero-order valence-electron chi connectivity index (χ0n) is 29.8. The summed E-state index contributed by atoms with van der Waals surface area (Å²) in [6, 6.07) is 25.0. The summed E-state index contributed by atoms with van der Waals surface area (Å²) in [5, 5.41) is 0. The molecule has 1 aliphatic carbocycles. The van der Waals surface area contributed by atoms with Crippen molar-refractivity contribution < 1.29 is 46.5 Å². The van der Waals surface area contributed by atoms with Gasteiger partial charge in [0.05, 0.1) is 22.1 Å². The van der Waals surface area contributed by atoms with Crippen molar-refractivity contribution in [1.29, 1.82) is 0 Å². The minimum atomic E-state index is -4.32. The third-order valence-electron chi connectivity index (χ3n) is 10.1. The largest absolute Gasteiger partial charge is 0.454 e. The summed E-state index contributed by atoms with van der Waals surface area (Å²) >= 11 is 0. The van der Waals surface area contributed by atoms with Gasteiger partial charge < -0.3 is 18.9 Å². The number of carbonyl (C=O) groups excluding carboxylic acids is 4.